The molecule has 0 saturated carbocycles. The van der Waals surface area contributed by atoms with Crippen molar-refractivity contribution in [3.8, 4) is 0 Å². The van der Waals surface area contributed by atoms with E-state index in [1.54, 1.807) is 10.8 Å². The zero-order valence-electron chi connectivity index (χ0n) is 12.0. The number of likely N-dealkylation sites (tertiary alicyclic amines) is 1. The predicted octanol–water partition coefficient (Wildman–Crippen LogP) is 2.26. The lowest BCUT2D eigenvalue weighted by atomic mass is 10.0. The number of pyridine rings is 1. The van der Waals surface area contributed by atoms with Gasteiger partial charge in [-0.05, 0) is 31.9 Å². The third kappa shape index (κ3) is 3.24. The van der Waals surface area contributed by atoms with Crippen molar-refractivity contribution in [3.05, 3.63) is 34.2 Å². The quantitative estimate of drug-likeness (QED) is 0.838. The Morgan fingerprint density at radius 1 is 1.47 bits per heavy atom. The van der Waals surface area contributed by atoms with Crippen LogP contribution in [0.15, 0.2) is 23.1 Å². The van der Waals surface area contributed by atoms with Gasteiger partial charge >= 0.3 is 0 Å². The van der Waals surface area contributed by atoms with E-state index in [0.717, 1.165) is 18.5 Å². The molecule has 4 heteroatoms. The maximum atomic E-state index is 14.2. The van der Waals surface area contributed by atoms with Gasteiger partial charge < -0.3 is 9.47 Å². The first kappa shape index (κ1) is 14.3. The number of alkyl halides is 1. The minimum absolute atomic E-state index is 0.0200. The number of piperidine rings is 1. The van der Waals surface area contributed by atoms with Gasteiger partial charge in [0.2, 0.25) is 0 Å². The molecule has 2 atom stereocenters. The Morgan fingerprint density at radius 2 is 2.21 bits per heavy atom. The maximum Gasteiger partial charge on any atom is 0.254 e. The molecule has 0 unspecified atom stereocenters. The molecule has 1 aliphatic rings. The Balaban J connectivity index is 2.27. The van der Waals surface area contributed by atoms with Crippen molar-refractivity contribution in [3.63, 3.8) is 0 Å². The van der Waals surface area contributed by atoms with Gasteiger partial charge in [-0.25, -0.2) is 4.39 Å². The van der Waals surface area contributed by atoms with E-state index < -0.39 is 6.17 Å². The molecule has 0 radical (unpaired) electrons. The van der Waals surface area contributed by atoms with E-state index in [1.165, 1.54) is 0 Å². The summed E-state index contributed by atoms with van der Waals surface area (Å²) in [4.78, 5) is 14.4. The van der Waals surface area contributed by atoms with Gasteiger partial charge in [-0.2, -0.15) is 0 Å². The zero-order valence-corrected chi connectivity index (χ0v) is 12.0. The Kier molecular flexibility index (Phi) is 4.40. The van der Waals surface area contributed by atoms with Crippen LogP contribution in [-0.4, -0.2) is 35.8 Å². The second kappa shape index (κ2) is 5.87. The summed E-state index contributed by atoms with van der Waals surface area (Å²) in [6.07, 6.45) is 2.21. The number of nitrogens with zero attached hydrogens (tertiary/aromatic N) is 2. The van der Waals surface area contributed by atoms with Gasteiger partial charge in [-0.15, -0.1) is 0 Å². The van der Waals surface area contributed by atoms with E-state index in [9.17, 15) is 9.18 Å². The lowest BCUT2D eigenvalue weighted by molar-refractivity contribution is 0.105. The zero-order chi connectivity index (χ0) is 14.0. The summed E-state index contributed by atoms with van der Waals surface area (Å²) in [5.74, 6) is 0.433. The van der Waals surface area contributed by atoms with Crippen LogP contribution < -0.4 is 5.56 Å². The standard InChI is InChI=1S/C15H23FN2O/c1-11(2)9-12-5-4-7-18(15(12)19)14-6-8-17(3)10-13(14)16/h4-5,7,11,13-14H,6,8-10H2,1-3H3/t13-,14-/m0/s1. The lowest BCUT2D eigenvalue weighted by Crippen LogP contribution is -2.43. The van der Waals surface area contributed by atoms with Crippen LogP contribution in [0.2, 0.25) is 0 Å². The molecular weight excluding hydrogens is 243 g/mol. The number of hydrogen-bond acceptors (Lipinski definition) is 2. The van der Waals surface area contributed by atoms with Crippen molar-refractivity contribution in [1.82, 2.24) is 9.47 Å². The van der Waals surface area contributed by atoms with Crippen molar-refractivity contribution in [2.75, 3.05) is 20.1 Å². The monoisotopic (exact) mass is 266 g/mol. The van der Waals surface area contributed by atoms with E-state index in [4.69, 9.17) is 0 Å². The fourth-order valence-corrected chi connectivity index (χ4v) is 2.77. The molecule has 0 amide bonds. The number of aromatic nitrogens is 1. The minimum Gasteiger partial charge on any atom is -0.309 e. The molecule has 0 bridgehead atoms. The maximum absolute atomic E-state index is 14.2. The summed E-state index contributed by atoms with van der Waals surface area (Å²) in [6, 6.07) is 3.42. The van der Waals surface area contributed by atoms with Crippen LogP contribution in [0.25, 0.3) is 0 Å². The summed E-state index contributed by atoms with van der Waals surface area (Å²) in [6.45, 7) is 5.42. The summed E-state index contributed by atoms with van der Waals surface area (Å²) in [7, 11) is 1.92. The number of rotatable bonds is 3. The first-order valence-corrected chi connectivity index (χ1v) is 7.01. The minimum atomic E-state index is -0.967. The molecule has 2 heterocycles. The van der Waals surface area contributed by atoms with Crippen molar-refractivity contribution < 1.29 is 4.39 Å². The van der Waals surface area contributed by atoms with Crippen LogP contribution in [0, 0.1) is 5.92 Å². The summed E-state index contributed by atoms with van der Waals surface area (Å²) >= 11 is 0. The van der Waals surface area contributed by atoms with Gasteiger partial charge in [-0.1, -0.05) is 19.9 Å². The SMILES string of the molecule is CC(C)Cc1cccn([C@H]2CCN(C)C[C@@H]2F)c1=O. The van der Waals surface area contributed by atoms with Gasteiger partial charge in [-0.3, -0.25) is 4.79 Å². The van der Waals surface area contributed by atoms with Crippen molar-refractivity contribution >= 4 is 0 Å². The molecular formula is C15H23FN2O. The van der Waals surface area contributed by atoms with Crippen LogP contribution in [0.3, 0.4) is 0 Å². The Bertz CT molecular complexity index is 483. The highest BCUT2D eigenvalue weighted by atomic mass is 19.1. The molecule has 0 spiro atoms. The van der Waals surface area contributed by atoms with E-state index in [2.05, 4.69) is 13.8 Å². The third-order valence-corrected chi connectivity index (χ3v) is 3.75. The molecule has 0 aromatic carbocycles. The molecule has 1 saturated heterocycles. The molecule has 1 aromatic heterocycles. The Morgan fingerprint density at radius 3 is 2.84 bits per heavy atom. The van der Waals surface area contributed by atoms with Gasteiger partial charge in [0.1, 0.15) is 6.17 Å². The number of halogens is 1. The van der Waals surface area contributed by atoms with Crippen molar-refractivity contribution in [2.45, 2.75) is 38.9 Å². The van der Waals surface area contributed by atoms with Gasteiger partial charge in [0, 0.05) is 24.8 Å². The molecule has 2 rings (SSSR count). The highest BCUT2D eigenvalue weighted by molar-refractivity contribution is 5.12. The van der Waals surface area contributed by atoms with Crippen LogP contribution in [0.1, 0.15) is 31.9 Å². The summed E-state index contributed by atoms with van der Waals surface area (Å²) in [5.41, 5.74) is 0.775. The molecule has 1 aliphatic heterocycles. The van der Waals surface area contributed by atoms with Gasteiger partial charge in [0.15, 0.2) is 0 Å². The fourth-order valence-electron chi connectivity index (χ4n) is 2.77. The van der Waals surface area contributed by atoms with E-state index in [0.29, 0.717) is 18.9 Å². The Labute approximate surface area is 114 Å². The van der Waals surface area contributed by atoms with Crippen LogP contribution in [0.4, 0.5) is 4.39 Å². The smallest absolute Gasteiger partial charge is 0.254 e. The van der Waals surface area contributed by atoms with Gasteiger partial charge in [0.25, 0.3) is 5.56 Å². The summed E-state index contributed by atoms with van der Waals surface area (Å²) in [5, 5.41) is 0. The molecule has 0 N–H and O–H groups in total. The predicted molar refractivity (Wildman–Crippen MR) is 75.3 cm³/mol. The second-order valence-corrected chi connectivity index (χ2v) is 5.98. The second-order valence-electron chi connectivity index (χ2n) is 5.98. The number of hydrogen-bond donors (Lipinski definition) is 0. The highest BCUT2D eigenvalue weighted by Crippen LogP contribution is 2.23. The van der Waals surface area contributed by atoms with Crippen LogP contribution in [0.5, 0.6) is 0 Å². The average Bonchev–Trinajstić information content (AvgIpc) is 2.32. The normalized spacial score (nSPS) is 24.9. The van der Waals surface area contributed by atoms with Crippen LogP contribution in [-0.2, 0) is 6.42 Å². The average molecular weight is 266 g/mol. The van der Waals surface area contributed by atoms with E-state index >= 15 is 0 Å². The molecule has 106 valence electrons. The molecule has 1 fully saturated rings. The van der Waals surface area contributed by atoms with Gasteiger partial charge in [0.05, 0.1) is 6.04 Å². The first-order chi connectivity index (χ1) is 8.99. The van der Waals surface area contributed by atoms with Crippen molar-refractivity contribution in [1.29, 1.82) is 0 Å². The third-order valence-electron chi connectivity index (χ3n) is 3.75. The molecule has 19 heavy (non-hydrogen) atoms. The fraction of sp³-hybridized carbons (Fsp3) is 0.667. The van der Waals surface area contributed by atoms with Crippen molar-refractivity contribution in [2.24, 2.45) is 5.92 Å². The topological polar surface area (TPSA) is 25.2 Å². The highest BCUT2D eigenvalue weighted by Gasteiger charge is 2.29. The summed E-state index contributed by atoms with van der Waals surface area (Å²) < 4.78 is 15.8. The molecule has 0 aliphatic carbocycles. The van der Waals surface area contributed by atoms with Crippen LogP contribution >= 0.6 is 0 Å². The largest absolute Gasteiger partial charge is 0.309 e. The van der Waals surface area contributed by atoms with E-state index in [1.807, 2.05) is 24.1 Å². The Hall–Kier alpha value is -1.16. The van der Waals surface area contributed by atoms with E-state index in [-0.39, 0.29) is 11.6 Å². The molecule has 1 aromatic rings. The molecule has 3 nitrogen and oxygen atoms in total. The lowest BCUT2D eigenvalue weighted by Gasteiger charge is -2.33. The first-order valence-electron chi connectivity index (χ1n) is 7.01.